The van der Waals surface area contributed by atoms with Crippen LogP contribution >= 0.6 is 0 Å². The first-order valence-corrected chi connectivity index (χ1v) is 6.13. The molecule has 0 radical (unpaired) electrons. The molecule has 1 N–H and O–H groups in total. The lowest BCUT2D eigenvalue weighted by Crippen LogP contribution is -2.40. The highest BCUT2D eigenvalue weighted by Gasteiger charge is 2.46. The molecule has 0 saturated heterocycles. The summed E-state index contributed by atoms with van der Waals surface area (Å²) >= 11 is 0. The van der Waals surface area contributed by atoms with Gasteiger partial charge < -0.3 is 5.11 Å². The van der Waals surface area contributed by atoms with E-state index in [1.807, 2.05) is 24.1 Å². The van der Waals surface area contributed by atoms with Crippen molar-refractivity contribution in [2.45, 2.75) is 51.6 Å². The molecule has 3 nitrogen and oxygen atoms in total. The van der Waals surface area contributed by atoms with Crippen molar-refractivity contribution in [1.82, 2.24) is 9.78 Å². The lowest BCUT2D eigenvalue weighted by atomic mass is 9.75. The second kappa shape index (κ2) is 3.88. The van der Waals surface area contributed by atoms with E-state index in [0.29, 0.717) is 0 Å². The van der Waals surface area contributed by atoms with Crippen LogP contribution in [0.25, 0.3) is 0 Å². The molecule has 1 aromatic rings. The van der Waals surface area contributed by atoms with Gasteiger partial charge in [0.25, 0.3) is 0 Å². The minimum Gasteiger partial charge on any atom is -0.389 e. The van der Waals surface area contributed by atoms with E-state index in [-0.39, 0.29) is 5.41 Å². The van der Waals surface area contributed by atoms with Gasteiger partial charge in [-0.2, -0.15) is 5.10 Å². The molecule has 0 spiro atoms. The highest BCUT2D eigenvalue weighted by atomic mass is 16.3. The third-order valence-electron chi connectivity index (χ3n) is 4.24. The van der Waals surface area contributed by atoms with Crippen LogP contribution in [-0.4, -0.2) is 20.5 Å². The molecule has 1 aliphatic carbocycles. The van der Waals surface area contributed by atoms with Gasteiger partial charge in [-0.1, -0.05) is 13.8 Å². The highest BCUT2D eigenvalue weighted by Crippen LogP contribution is 2.48. The molecule has 1 aromatic heterocycles. The van der Waals surface area contributed by atoms with Crippen LogP contribution in [-0.2, 0) is 13.5 Å². The molecule has 2 rings (SSSR count). The quantitative estimate of drug-likeness (QED) is 0.852. The van der Waals surface area contributed by atoms with Crippen LogP contribution < -0.4 is 0 Å². The third kappa shape index (κ3) is 2.01. The molecule has 90 valence electrons. The predicted octanol–water partition coefficient (Wildman–Crippen LogP) is 2.29. The summed E-state index contributed by atoms with van der Waals surface area (Å²) in [6, 6.07) is 0. The van der Waals surface area contributed by atoms with Crippen LogP contribution in [0, 0.1) is 5.41 Å². The van der Waals surface area contributed by atoms with Gasteiger partial charge in [-0.05, 0) is 43.1 Å². The first-order valence-electron chi connectivity index (χ1n) is 6.13. The van der Waals surface area contributed by atoms with E-state index >= 15 is 0 Å². The fourth-order valence-corrected chi connectivity index (χ4v) is 2.81. The number of aryl methyl sites for hydroxylation is 2. The molecule has 1 atom stereocenters. The minimum atomic E-state index is -0.483. The molecule has 1 aliphatic rings. The Morgan fingerprint density at radius 3 is 2.69 bits per heavy atom. The number of hydrogen-bond donors (Lipinski definition) is 1. The maximum absolute atomic E-state index is 10.7. The molecule has 3 heteroatoms. The molecule has 1 heterocycles. The number of hydrogen-bond acceptors (Lipinski definition) is 2. The van der Waals surface area contributed by atoms with Gasteiger partial charge in [0.15, 0.2) is 0 Å². The SMILES string of the molecule is Cn1cc(CCC2(O)CCCC2(C)C)cn1. The fraction of sp³-hybridized carbons (Fsp3) is 0.769. The normalized spacial score (nSPS) is 28.5. The Balaban J connectivity index is 1.99. The van der Waals surface area contributed by atoms with E-state index < -0.39 is 5.60 Å². The summed E-state index contributed by atoms with van der Waals surface area (Å²) < 4.78 is 1.82. The van der Waals surface area contributed by atoms with Gasteiger partial charge in [-0.15, -0.1) is 0 Å². The van der Waals surface area contributed by atoms with Crippen molar-refractivity contribution < 1.29 is 5.11 Å². The second-order valence-corrected chi connectivity index (χ2v) is 5.79. The largest absolute Gasteiger partial charge is 0.389 e. The summed E-state index contributed by atoms with van der Waals surface area (Å²) in [6.07, 6.45) is 8.93. The summed E-state index contributed by atoms with van der Waals surface area (Å²) in [5, 5.41) is 14.8. The number of aliphatic hydroxyl groups is 1. The Bertz CT molecular complexity index is 370. The molecule has 1 saturated carbocycles. The molecule has 0 aliphatic heterocycles. The van der Waals surface area contributed by atoms with Crippen molar-refractivity contribution in [3.8, 4) is 0 Å². The zero-order valence-electron chi connectivity index (χ0n) is 10.5. The summed E-state index contributed by atoms with van der Waals surface area (Å²) in [7, 11) is 1.93. The Morgan fingerprint density at radius 2 is 2.19 bits per heavy atom. The molecule has 0 aromatic carbocycles. The first kappa shape index (κ1) is 11.6. The van der Waals surface area contributed by atoms with Crippen molar-refractivity contribution in [2.75, 3.05) is 0 Å². The second-order valence-electron chi connectivity index (χ2n) is 5.79. The Kier molecular flexibility index (Phi) is 2.82. The van der Waals surface area contributed by atoms with Crippen molar-refractivity contribution in [2.24, 2.45) is 12.5 Å². The van der Waals surface area contributed by atoms with Crippen LogP contribution in [0.2, 0.25) is 0 Å². The summed E-state index contributed by atoms with van der Waals surface area (Å²) in [5.41, 5.74) is 0.802. The third-order valence-corrected chi connectivity index (χ3v) is 4.24. The van der Waals surface area contributed by atoms with Crippen molar-refractivity contribution in [3.05, 3.63) is 18.0 Å². The lowest BCUT2D eigenvalue weighted by molar-refractivity contribution is -0.0490. The van der Waals surface area contributed by atoms with Crippen LogP contribution in [0.4, 0.5) is 0 Å². The zero-order valence-corrected chi connectivity index (χ0v) is 10.5. The van der Waals surface area contributed by atoms with Crippen LogP contribution in [0.1, 0.15) is 45.1 Å². The average molecular weight is 222 g/mol. The Labute approximate surface area is 97.5 Å². The monoisotopic (exact) mass is 222 g/mol. The van der Waals surface area contributed by atoms with Crippen molar-refractivity contribution in [3.63, 3.8) is 0 Å². The maximum atomic E-state index is 10.7. The van der Waals surface area contributed by atoms with E-state index in [4.69, 9.17) is 0 Å². The molecular formula is C13H22N2O. The van der Waals surface area contributed by atoms with Gasteiger partial charge >= 0.3 is 0 Å². The number of nitrogens with zero attached hydrogens (tertiary/aromatic N) is 2. The lowest BCUT2D eigenvalue weighted by Gasteiger charge is -2.36. The number of aromatic nitrogens is 2. The molecular weight excluding hydrogens is 200 g/mol. The van der Waals surface area contributed by atoms with E-state index in [1.165, 1.54) is 5.56 Å². The van der Waals surface area contributed by atoms with Crippen LogP contribution in [0.3, 0.4) is 0 Å². The van der Waals surface area contributed by atoms with Crippen molar-refractivity contribution >= 4 is 0 Å². The number of rotatable bonds is 3. The summed E-state index contributed by atoms with van der Waals surface area (Å²) in [6.45, 7) is 4.37. The Morgan fingerprint density at radius 1 is 1.44 bits per heavy atom. The van der Waals surface area contributed by atoms with E-state index in [2.05, 4.69) is 18.9 Å². The van der Waals surface area contributed by atoms with E-state index in [9.17, 15) is 5.11 Å². The fourth-order valence-electron chi connectivity index (χ4n) is 2.81. The van der Waals surface area contributed by atoms with Gasteiger partial charge in [0.05, 0.1) is 11.8 Å². The first-order chi connectivity index (χ1) is 7.43. The smallest absolute Gasteiger partial charge is 0.0701 e. The predicted molar refractivity (Wildman–Crippen MR) is 64.1 cm³/mol. The van der Waals surface area contributed by atoms with E-state index in [1.54, 1.807) is 0 Å². The topological polar surface area (TPSA) is 38.0 Å². The van der Waals surface area contributed by atoms with Gasteiger partial charge in [0.2, 0.25) is 0 Å². The summed E-state index contributed by atoms with van der Waals surface area (Å²) in [4.78, 5) is 0. The van der Waals surface area contributed by atoms with Gasteiger partial charge in [0, 0.05) is 13.2 Å². The van der Waals surface area contributed by atoms with Gasteiger partial charge in [0.1, 0.15) is 0 Å². The highest BCUT2D eigenvalue weighted by molar-refractivity contribution is 5.07. The molecule has 16 heavy (non-hydrogen) atoms. The van der Waals surface area contributed by atoms with Gasteiger partial charge in [-0.25, -0.2) is 0 Å². The maximum Gasteiger partial charge on any atom is 0.0701 e. The van der Waals surface area contributed by atoms with Crippen LogP contribution in [0.5, 0.6) is 0 Å². The summed E-state index contributed by atoms with van der Waals surface area (Å²) in [5.74, 6) is 0. The zero-order chi connectivity index (χ0) is 11.8. The van der Waals surface area contributed by atoms with Crippen molar-refractivity contribution in [1.29, 1.82) is 0 Å². The Hall–Kier alpha value is -0.830. The molecule has 0 amide bonds. The standard InChI is InChI=1S/C13H22N2O/c1-12(2)6-4-7-13(12,16)8-5-11-9-14-15(3)10-11/h9-10,16H,4-8H2,1-3H3. The minimum absolute atomic E-state index is 0.0647. The molecule has 1 fully saturated rings. The average Bonchev–Trinajstić information content (AvgIpc) is 2.70. The van der Waals surface area contributed by atoms with Crippen LogP contribution in [0.15, 0.2) is 12.4 Å². The van der Waals surface area contributed by atoms with E-state index in [0.717, 1.165) is 32.1 Å². The molecule has 1 unspecified atom stereocenters. The van der Waals surface area contributed by atoms with Gasteiger partial charge in [-0.3, -0.25) is 4.68 Å². The molecule has 0 bridgehead atoms.